The topological polar surface area (TPSA) is 40.5 Å². The summed E-state index contributed by atoms with van der Waals surface area (Å²) in [6.45, 7) is 0.522. The average Bonchev–Trinajstić information content (AvgIpc) is 2.78. The highest BCUT2D eigenvalue weighted by atomic mass is 79.9. The first-order valence-electron chi connectivity index (χ1n) is 5.35. The van der Waals surface area contributed by atoms with E-state index in [4.69, 9.17) is 0 Å². The molecule has 2 aromatic rings. The van der Waals surface area contributed by atoms with Gasteiger partial charge in [0.05, 0.1) is 8.66 Å². The first kappa shape index (κ1) is 13.1. The molecule has 94 valence electrons. The molecule has 5 heteroatoms. The van der Waals surface area contributed by atoms with Crippen LogP contribution in [0.2, 0.25) is 0 Å². The molecule has 0 bridgehead atoms. The van der Waals surface area contributed by atoms with Crippen LogP contribution in [0.1, 0.15) is 15.2 Å². The van der Waals surface area contributed by atoms with Gasteiger partial charge in [-0.15, -0.1) is 11.3 Å². The Hall–Kier alpha value is -1.33. The molecule has 0 radical (unpaired) electrons. The van der Waals surface area contributed by atoms with E-state index in [0.717, 1.165) is 9.35 Å². The van der Waals surface area contributed by atoms with Crippen LogP contribution in [0.3, 0.4) is 0 Å². The van der Waals surface area contributed by atoms with Gasteiger partial charge in [0.2, 0.25) is 0 Å². The van der Waals surface area contributed by atoms with Crippen LogP contribution in [0, 0.1) is 0 Å². The quantitative estimate of drug-likeness (QED) is 0.938. The number of rotatable bonds is 3. The molecule has 0 unspecified atom stereocenters. The highest BCUT2D eigenvalue weighted by Gasteiger charge is 2.13. The zero-order chi connectivity index (χ0) is 13.1. The maximum Gasteiger partial charge on any atom is 0.264 e. The van der Waals surface area contributed by atoms with Crippen LogP contribution in [0.15, 0.2) is 40.2 Å². The monoisotopic (exact) mass is 325 g/mol. The third kappa shape index (κ3) is 3.11. The number of phenolic OH excluding ortho intramolecular Hbond substituents is 1. The molecule has 0 spiro atoms. The van der Waals surface area contributed by atoms with Gasteiger partial charge in [0.15, 0.2) is 0 Å². The predicted molar refractivity (Wildman–Crippen MR) is 75.9 cm³/mol. The maximum absolute atomic E-state index is 12.1. The number of carbonyl (C=O) groups excluding carboxylic acids is 1. The van der Waals surface area contributed by atoms with Crippen LogP contribution in [-0.2, 0) is 6.54 Å². The minimum absolute atomic E-state index is 0.00113. The molecule has 1 heterocycles. The van der Waals surface area contributed by atoms with Crippen LogP contribution in [0.5, 0.6) is 5.75 Å². The minimum atomic E-state index is -0.00113. The van der Waals surface area contributed by atoms with Crippen molar-refractivity contribution in [3.8, 4) is 5.75 Å². The van der Waals surface area contributed by atoms with Crippen molar-refractivity contribution in [2.45, 2.75) is 6.54 Å². The Morgan fingerprint density at radius 3 is 2.50 bits per heavy atom. The second kappa shape index (κ2) is 5.54. The van der Waals surface area contributed by atoms with Crippen LogP contribution >= 0.6 is 27.3 Å². The molecule has 2 rings (SSSR count). The standard InChI is InChI=1S/C13H12BrNO2S/c1-15(8-9-2-4-10(16)5-3-9)13(17)11-6-7-12(14)18-11/h2-7,16H,8H2,1H3. The summed E-state index contributed by atoms with van der Waals surface area (Å²) in [5.74, 6) is 0.230. The number of amides is 1. The van der Waals surface area contributed by atoms with Gasteiger partial charge in [-0.3, -0.25) is 4.79 Å². The lowest BCUT2D eigenvalue weighted by molar-refractivity contribution is 0.0790. The van der Waals surface area contributed by atoms with E-state index in [1.165, 1.54) is 11.3 Å². The van der Waals surface area contributed by atoms with E-state index in [1.54, 1.807) is 24.1 Å². The van der Waals surface area contributed by atoms with Crippen molar-refractivity contribution < 1.29 is 9.90 Å². The average molecular weight is 326 g/mol. The van der Waals surface area contributed by atoms with Crippen molar-refractivity contribution in [1.82, 2.24) is 4.90 Å². The van der Waals surface area contributed by atoms with Crippen LogP contribution in [0.4, 0.5) is 0 Å². The molecular formula is C13H12BrNO2S. The fourth-order valence-corrected chi connectivity index (χ4v) is 2.95. The second-order valence-corrected chi connectivity index (χ2v) is 6.39. The first-order chi connectivity index (χ1) is 8.56. The fraction of sp³-hybridized carbons (Fsp3) is 0.154. The Kier molecular flexibility index (Phi) is 4.04. The Balaban J connectivity index is 2.05. The van der Waals surface area contributed by atoms with Gasteiger partial charge in [-0.05, 0) is 45.8 Å². The number of nitrogens with zero attached hydrogens (tertiary/aromatic N) is 1. The van der Waals surface area contributed by atoms with Gasteiger partial charge in [-0.2, -0.15) is 0 Å². The van der Waals surface area contributed by atoms with Crippen molar-refractivity contribution in [1.29, 1.82) is 0 Å². The summed E-state index contributed by atoms with van der Waals surface area (Å²) in [6.07, 6.45) is 0. The highest BCUT2D eigenvalue weighted by molar-refractivity contribution is 9.11. The lowest BCUT2D eigenvalue weighted by atomic mass is 10.2. The fourth-order valence-electron chi connectivity index (χ4n) is 1.56. The highest BCUT2D eigenvalue weighted by Crippen LogP contribution is 2.23. The lowest BCUT2D eigenvalue weighted by Crippen LogP contribution is -2.25. The number of halogens is 1. The number of carbonyl (C=O) groups is 1. The zero-order valence-corrected chi connectivity index (χ0v) is 12.2. The van der Waals surface area contributed by atoms with Gasteiger partial charge in [-0.1, -0.05) is 12.1 Å². The van der Waals surface area contributed by atoms with Gasteiger partial charge < -0.3 is 10.0 Å². The van der Waals surface area contributed by atoms with Crippen LogP contribution in [-0.4, -0.2) is 23.0 Å². The second-order valence-electron chi connectivity index (χ2n) is 3.93. The molecule has 0 aliphatic heterocycles. The van der Waals surface area contributed by atoms with E-state index in [0.29, 0.717) is 11.4 Å². The van der Waals surface area contributed by atoms with Gasteiger partial charge in [0.1, 0.15) is 5.75 Å². The third-order valence-electron chi connectivity index (χ3n) is 2.49. The summed E-state index contributed by atoms with van der Waals surface area (Å²) in [7, 11) is 1.77. The number of phenols is 1. The molecule has 18 heavy (non-hydrogen) atoms. The van der Waals surface area contributed by atoms with Gasteiger partial charge in [0, 0.05) is 13.6 Å². The molecule has 0 saturated heterocycles. The van der Waals surface area contributed by atoms with E-state index < -0.39 is 0 Å². The maximum atomic E-state index is 12.1. The summed E-state index contributed by atoms with van der Waals surface area (Å²) in [6, 6.07) is 10.5. The first-order valence-corrected chi connectivity index (χ1v) is 6.96. The number of benzene rings is 1. The summed E-state index contributed by atoms with van der Waals surface area (Å²) in [5, 5.41) is 9.20. The SMILES string of the molecule is CN(Cc1ccc(O)cc1)C(=O)c1ccc(Br)s1. The molecule has 1 N–H and O–H groups in total. The van der Waals surface area contributed by atoms with Gasteiger partial charge in [0.25, 0.3) is 5.91 Å². The number of thiophene rings is 1. The lowest BCUT2D eigenvalue weighted by Gasteiger charge is -2.16. The van der Waals surface area contributed by atoms with Crippen molar-refractivity contribution in [3.05, 3.63) is 50.6 Å². The van der Waals surface area contributed by atoms with E-state index in [1.807, 2.05) is 24.3 Å². The van der Waals surface area contributed by atoms with E-state index in [9.17, 15) is 9.90 Å². The van der Waals surface area contributed by atoms with E-state index in [2.05, 4.69) is 15.9 Å². The van der Waals surface area contributed by atoms with Crippen molar-refractivity contribution in [3.63, 3.8) is 0 Å². The van der Waals surface area contributed by atoms with Crippen molar-refractivity contribution in [2.75, 3.05) is 7.05 Å². The largest absolute Gasteiger partial charge is 0.508 e. The smallest absolute Gasteiger partial charge is 0.264 e. The number of aromatic hydroxyl groups is 1. The molecule has 3 nitrogen and oxygen atoms in total. The summed E-state index contributed by atoms with van der Waals surface area (Å²) >= 11 is 4.77. The minimum Gasteiger partial charge on any atom is -0.508 e. The summed E-state index contributed by atoms with van der Waals surface area (Å²) in [4.78, 5) is 14.5. The Morgan fingerprint density at radius 2 is 1.94 bits per heavy atom. The molecule has 0 saturated carbocycles. The van der Waals surface area contributed by atoms with Crippen LogP contribution < -0.4 is 0 Å². The predicted octanol–water partition coefficient (Wildman–Crippen LogP) is 3.49. The van der Waals surface area contributed by atoms with Crippen molar-refractivity contribution >= 4 is 33.2 Å². The third-order valence-corrected chi connectivity index (χ3v) is 4.10. The van der Waals surface area contributed by atoms with Crippen molar-refractivity contribution in [2.24, 2.45) is 0 Å². The summed E-state index contributed by atoms with van der Waals surface area (Å²) < 4.78 is 0.948. The molecule has 1 aromatic heterocycles. The van der Waals surface area contributed by atoms with E-state index >= 15 is 0 Å². The van der Waals surface area contributed by atoms with E-state index in [-0.39, 0.29) is 11.7 Å². The Labute approximate surface area is 118 Å². The summed E-state index contributed by atoms with van der Waals surface area (Å²) in [5.41, 5.74) is 0.985. The molecule has 1 amide bonds. The zero-order valence-electron chi connectivity index (χ0n) is 9.76. The van der Waals surface area contributed by atoms with Crippen LogP contribution in [0.25, 0.3) is 0 Å². The molecule has 0 aliphatic carbocycles. The number of hydrogen-bond donors (Lipinski definition) is 1. The molecule has 0 aliphatic rings. The molecular weight excluding hydrogens is 314 g/mol. The van der Waals surface area contributed by atoms with Gasteiger partial charge >= 0.3 is 0 Å². The molecule has 0 atom stereocenters. The van der Waals surface area contributed by atoms with Gasteiger partial charge in [-0.25, -0.2) is 0 Å². The Morgan fingerprint density at radius 1 is 1.28 bits per heavy atom. The molecule has 1 aromatic carbocycles. The molecule has 0 fully saturated rings. The number of hydrogen-bond acceptors (Lipinski definition) is 3. The Bertz CT molecular complexity index is 550. The normalized spacial score (nSPS) is 10.3.